The minimum atomic E-state index is -0.351. The number of hydrogen-bond donors (Lipinski definition) is 0. The van der Waals surface area contributed by atoms with Crippen molar-refractivity contribution in [2.45, 2.75) is 12.0 Å². The fourth-order valence-electron chi connectivity index (χ4n) is 4.80. The van der Waals surface area contributed by atoms with Gasteiger partial charge in [-0.25, -0.2) is 0 Å². The lowest BCUT2D eigenvalue weighted by Crippen LogP contribution is -2.36. The summed E-state index contributed by atoms with van der Waals surface area (Å²) >= 11 is 6.58. The van der Waals surface area contributed by atoms with Crippen LogP contribution in [0.25, 0.3) is 0 Å². The van der Waals surface area contributed by atoms with Gasteiger partial charge in [0.25, 0.3) is 0 Å². The molecule has 4 heterocycles. The van der Waals surface area contributed by atoms with Crippen molar-refractivity contribution in [2.75, 3.05) is 31.3 Å². The molecule has 6 heteroatoms. The summed E-state index contributed by atoms with van der Waals surface area (Å²) < 4.78 is 18.1. The van der Waals surface area contributed by atoms with Crippen LogP contribution in [0.1, 0.15) is 16.8 Å². The third-order valence-electron chi connectivity index (χ3n) is 5.98. The SMILES string of the molecule is Clc1cc2c(c3c1OCC31CN(Cc3ccccn3)c3ccccc31)OCCO2. The van der Waals surface area contributed by atoms with Crippen LogP contribution in [0, 0.1) is 0 Å². The van der Waals surface area contributed by atoms with Crippen molar-refractivity contribution in [3.63, 3.8) is 0 Å². The van der Waals surface area contributed by atoms with Gasteiger partial charge in [-0.1, -0.05) is 35.9 Å². The molecule has 5 nitrogen and oxygen atoms in total. The van der Waals surface area contributed by atoms with Gasteiger partial charge in [-0.2, -0.15) is 0 Å². The van der Waals surface area contributed by atoms with E-state index in [0.29, 0.717) is 36.3 Å². The third kappa shape index (κ3) is 2.43. The first-order valence-corrected chi connectivity index (χ1v) is 10.1. The molecule has 1 spiro atoms. The zero-order chi connectivity index (χ0) is 19.4. The van der Waals surface area contributed by atoms with Crippen LogP contribution < -0.4 is 19.1 Å². The smallest absolute Gasteiger partial charge is 0.169 e. The summed E-state index contributed by atoms with van der Waals surface area (Å²) in [7, 11) is 0. The van der Waals surface area contributed by atoms with E-state index in [2.05, 4.69) is 40.2 Å². The number of hydrogen-bond acceptors (Lipinski definition) is 5. The van der Waals surface area contributed by atoms with Crippen LogP contribution in [0.15, 0.2) is 54.7 Å². The van der Waals surface area contributed by atoms with E-state index in [0.717, 1.165) is 30.1 Å². The Morgan fingerprint density at radius 2 is 1.86 bits per heavy atom. The first-order chi connectivity index (χ1) is 14.3. The summed E-state index contributed by atoms with van der Waals surface area (Å²) in [4.78, 5) is 6.89. The molecule has 0 saturated heterocycles. The summed E-state index contributed by atoms with van der Waals surface area (Å²) in [6.45, 7) is 3.08. The summed E-state index contributed by atoms with van der Waals surface area (Å²) in [6, 6.07) is 16.3. The second kappa shape index (κ2) is 6.29. The number of halogens is 1. The molecular formula is C23H19ClN2O3. The van der Waals surface area contributed by atoms with Crippen molar-refractivity contribution >= 4 is 17.3 Å². The first-order valence-electron chi connectivity index (χ1n) is 9.76. The van der Waals surface area contributed by atoms with Gasteiger partial charge < -0.3 is 19.1 Å². The van der Waals surface area contributed by atoms with Gasteiger partial charge in [-0.15, -0.1) is 0 Å². The molecule has 0 N–H and O–H groups in total. The van der Waals surface area contributed by atoms with Crippen molar-refractivity contribution in [3.05, 3.63) is 76.6 Å². The van der Waals surface area contributed by atoms with Gasteiger partial charge in [0.05, 0.1) is 28.2 Å². The summed E-state index contributed by atoms with van der Waals surface area (Å²) in [5.41, 5.74) is 4.12. The van der Waals surface area contributed by atoms with E-state index in [-0.39, 0.29) is 5.41 Å². The average Bonchev–Trinajstić information content (AvgIpc) is 3.29. The lowest BCUT2D eigenvalue weighted by Gasteiger charge is -2.29. The fraction of sp³-hybridized carbons (Fsp3) is 0.261. The van der Waals surface area contributed by atoms with E-state index < -0.39 is 0 Å². The highest BCUT2D eigenvalue weighted by Gasteiger charge is 2.53. The molecule has 3 aromatic rings. The first kappa shape index (κ1) is 17.0. The molecule has 0 fully saturated rings. The molecule has 1 aromatic heterocycles. The molecule has 0 bridgehead atoms. The van der Waals surface area contributed by atoms with Gasteiger partial charge in [-0.05, 0) is 23.8 Å². The molecule has 146 valence electrons. The Balaban J connectivity index is 1.52. The summed E-state index contributed by atoms with van der Waals surface area (Å²) in [5, 5.41) is 0.571. The predicted octanol–water partition coefficient (Wildman–Crippen LogP) is 4.20. The Hall–Kier alpha value is -2.92. The van der Waals surface area contributed by atoms with Crippen LogP contribution in [-0.2, 0) is 12.0 Å². The quantitative estimate of drug-likeness (QED) is 0.638. The zero-order valence-corrected chi connectivity index (χ0v) is 16.5. The topological polar surface area (TPSA) is 43.8 Å². The number of aromatic nitrogens is 1. The maximum absolute atomic E-state index is 6.58. The van der Waals surface area contributed by atoms with Crippen molar-refractivity contribution < 1.29 is 14.2 Å². The maximum atomic E-state index is 6.58. The Labute approximate surface area is 173 Å². The molecule has 0 aliphatic carbocycles. The minimum Gasteiger partial charge on any atom is -0.490 e. The molecule has 0 radical (unpaired) electrons. The second-order valence-corrected chi connectivity index (χ2v) is 8.06. The number of pyridine rings is 1. The number of fused-ring (bicyclic) bond motifs is 6. The van der Waals surface area contributed by atoms with Gasteiger partial charge in [0.2, 0.25) is 0 Å². The minimum absolute atomic E-state index is 0.351. The van der Waals surface area contributed by atoms with Crippen molar-refractivity contribution in [3.8, 4) is 17.2 Å². The lowest BCUT2D eigenvalue weighted by atomic mass is 9.77. The van der Waals surface area contributed by atoms with Crippen LogP contribution in [0.3, 0.4) is 0 Å². The average molecular weight is 407 g/mol. The molecule has 29 heavy (non-hydrogen) atoms. The van der Waals surface area contributed by atoms with Crippen LogP contribution in [0.2, 0.25) is 5.02 Å². The highest BCUT2D eigenvalue weighted by Crippen LogP contribution is 2.59. The number of rotatable bonds is 2. The molecular weight excluding hydrogens is 388 g/mol. The standard InChI is InChI=1S/C23H19ClN2O3/c24-17-11-19-22(28-10-9-27-19)20-21(17)29-14-23(20)13-26(12-15-5-3-4-8-25-15)18-7-2-1-6-16(18)23/h1-8,11H,9-10,12-14H2. The third-order valence-corrected chi connectivity index (χ3v) is 6.26. The Morgan fingerprint density at radius 1 is 1.00 bits per heavy atom. The molecule has 2 aromatic carbocycles. The molecule has 0 saturated carbocycles. The van der Waals surface area contributed by atoms with Crippen molar-refractivity contribution in [1.82, 2.24) is 4.98 Å². The zero-order valence-electron chi connectivity index (χ0n) is 15.7. The lowest BCUT2D eigenvalue weighted by molar-refractivity contribution is 0.168. The monoisotopic (exact) mass is 406 g/mol. The molecule has 6 rings (SSSR count). The second-order valence-electron chi connectivity index (χ2n) is 7.65. The van der Waals surface area contributed by atoms with Gasteiger partial charge in [0, 0.05) is 24.5 Å². The highest BCUT2D eigenvalue weighted by atomic mass is 35.5. The van der Waals surface area contributed by atoms with E-state index in [1.807, 2.05) is 18.3 Å². The number of para-hydroxylation sites is 1. The van der Waals surface area contributed by atoms with Gasteiger partial charge in [0.1, 0.15) is 25.6 Å². The van der Waals surface area contributed by atoms with E-state index in [1.54, 1.807) is 6.07 Å². The number of nitrogens with zero attached hydrogens (tertiary/aromatic N) is 2. The van der Waals surface area contributed by atoms with E-state index in [4.69, 9.17) is 25.8 Å². The largest absolute Gasteiger partial charge is 0.490 e. The van der Waals surface area contributed by atoms with Crippen LogP contribution in [0.4, 0.5) is 5.69 Å². The molecule has 3 aliphatic heterocycles. The summed E-state index contributed by atoms with van der Waals surface area (Å²) in [5.74, 6) is 2.18. The Bertz CT molecular complexity index is 1100. The van der Waals surface area contributed by atoms with Crippen LogP contribution in [0.5, 0.6) is 17.2 Å². The highest BCUT2D eigenvalue weighted by molar-refractivity contribution is 6.32. The molecule has 3 aliphatic rings. The normalized spacial score (nSPS) is 21.1. The number of anilines is 1. The number of benzene rings is 2. The van der Waals surface area contributed by atoms with Crippen LogP contribution in [-0.4, -0.2) is 31.3 Å². The van der Waals surface area contributed by atoms with E-state index in [1.165, 1.54) is 11.3 Å². The predicted molar refractivity (Wildman–Crippen MR) is 110 cm³/mol. The maximum Gasteiger partial charge on any atom is 0.169 e. The van der Waals surface area contributed by atoms with Gasteiger partial charge in [0.15, 0.2) is 11.5 Å². The molecule has 1 atom stereocenters. The molecule has 0 amide bonds. The van der Waals surface area contributed by atoms with E-state index in [9.17, 15) is 0 Å². The number of ether oxygens (including phenoxy) is 3. The Kier molecular flexibility index (Phi) is 3.68. The van der Waals surface area contributed by atoms with E-state index >= 15 is 0 Å². The van der Waals surface area contributed by atoms with Crippen molar-refractivity contribution in [2.24, 2.45) is 0 Å². The van der Waals surface area contributed by atoms with Gasteiger partial charge in [-0.3, -0.25) is 4.98 Å². The summed E-state index contributed by atoms with van der Waals surface area (Å²) in [6.07, 6.45) is 1.84. The van der Waals surface area contributed by atoms with Gasteiger partial charge >= 0.3 is 0 Å². The Morgan fingerprint density at radius 3 is 2.76 bits per heavy atom. The van der Waals surface area contributed by atoms with Crippen LogP contribution >= 0.6 is 11.6 Å². The van der Waals surface area contributed by atoms with Crippen molar-refractivity contribution in [1.29, 1.82) is 0 Å². The fourth-order valence-corrected chi connectivity index (χ4v) is 5.04. The molecule has 1 unspecified atom stereocenters.